The topological polar surface area (TPSA) is 125 Å². The van der Waals surface area contributed by atoms with Crippen LogP contribution in [-0.2, 0) is 11.2 Å². The van der Waals surface area contributed by atoms with Gasteiger partial charge in [0.1, 0.15) is 12.3 Å². The van der Waals surface area contributed by atoms with Crippen LogP contribution >= 0.6 is 0 Å². The summed E-state index contributed by atoms with van der Waals surface area (Å²) in [5.74, 6) is -0.350. The van der Waals surface area contributed by atoms with E-state index in [-0.39, 0.29) is 37.9 Å². The van der Waals surface area contributed by atoms with Crippen molar-refractivity contribution >= 4 is 28.3 Å². The molecule has 0 amide bonds. The molecule has 1 saturated heterocycles. The number of anilines is 2. The van der Waals surface area contributed by atoms with Crippen LogP contribution in [0.5, 0.6) is 5.75 Å². The first-order chi connectivity index (χ1) is 23.8. The van der Waals surface area contributed by atoms with Crippen LogP contribution in [0.15, 0.2) is 53.3 Å². The molecule has 37 heavy (non-hydrogen) atoms. The predicted molar refractivity (Wildman–Crippen MR) is 139 cm³/mol. The van der Waals surface area contributed by atoms with Crippen molar-refractivity contribution in [1.29, 1.82) is 0 Å². The van der Waals surface area contributed by atoms with E-state index in [0.717, 1.165) is 28.8 Å². The summed E-state index contributed by atoms with van der Waals surface area (Å²) in [4.78, 5) is 7.93. The molecular weight excluding hydrogens is 474 g/mol. The minimum Gasteiger partial charge on any atom is -0.491 e. The molecule has 0 atom stereocenters. The zero-order chi connectivity index (χ0) is 38.6. The molecule has 0 bridgehead atoms. The Balaban J connectivity index is 1.45. The molecule has 1 aliphatic rings. The third-order valence-corrected chi connectivity index (χ3v) is 5.00. The molecular formula is C25H29N9O3. The number of hydrogen-bond donors (Lipinski definition) is 1. The quantitative estimate of drug-likeness (QED) is 0.310. The Labute approximate surface area is 234 Å². The molecule has 12 heteroatoms. The number of furan rings is 1. The number of aryl methyl sites for hydroxylation is 1. The average molecular weight is 519 g/mol. The minimum absolute atomic E-state index is 0.00522. The van der Waals surface area contributed by atoms with Gasteiger partial charge in [-0.25, -0.2) is 9.67 Å². The highest BCUT2D eigenvalue weighted by Gasteiger charge is 2.20. The lowest BCUT2D eigenvalue weighted by molar-refractivity contribution is 0.146. The third kappa shape index (κ3) is 4.68. The summed E-state index contributed by atoms with van der Waals surface area (Å²) in [5, 5.41) is 7.68. The second kappa shape index (κ2) is 10.1. The Morgan fingerprint density at radius 2 is 1.95 bits per heavy atom. The largest absolute Gasteiger partial charge is 0.491 e. The summed E-state index contributed by atoms with van der Waals surface area (Å²) in [7, 11) is 1.25. The van der Waals surface area contributed by atoms with Crippen molar-refractivity contribution in [2.75, 3.05) is 63.4 Å². The van der Waals surface area contributed by atoms with E-state index in [1.54, 1.807) is 6.07 Å². The maximum atomic E-state index is 8.94. The predicted octanol–water partition coefficient (Wildman–Crippen LogP) is 2.16. The first-order valence-corrected chi connectivity index (χ1v) is 10.7. The molecule has 4 aromatic heterocycles. The Morgan fingerprint density at radius 1 is 1.11 bits per heavy atom. The lowest BCUT2D eigenvalue weighted by atomic mass is 10.2. The summed E-state index contributed by atoms with van der Waals surface area (Å²) in [6.45, 7) is -25.6. The summed E-state index contributed by atoms with van der Waals surface area (Å²) in [6, 6.07) is 7.34. The van der Waals surface area contributed by atoms with Crippen molar-refractivity contribution < 1.29 is 34.5 Å². The van der Waals surface area contributed by atoms with E-state index in [4.69, 9.17) is 40.2 Å². The fourth-order valence-corrected chi connectivity index (χ4v) is 3.31. The lowest BCUT2D eigenvalue weighted by Gasteiger charge is -2.36. The molecule has 192 valence electrons. The van der Waals surface area contributed by atoms with Crippen LogP contribution in [0.25, 0.3) is 28.3 Å². The lowest BCUT2D eigenvalue weighted by Crippen LogP contribution is -2.47. The molecule has 1 fully saturated rings. The van der Waals surface area contributed by atoms with Crippen molar-refractivity contribution in [3.8, 4) is 17.3 Å². The Bertz CT molecular complexity index is 2110. The number of piperazine rings is 1. The summed E-state index contributed by atoms with van der Waals surface area (Å²) in [6.07, 6.45) is 0.637. The van der Waals surface area contributed by atoms with E-state index in [1.807, 2.05) is 0 Å². The minimum atomic E-state index is -4.02. The van der Waals surface area contributed by atoms with Gasteiger partial charge in [0.15, 0.2) is 17.1 Å². The van der Waals surface area contributed by atoms with Gasteiger partial charge in [0.25, 0.3) is 0 Å². The maximum Gasteiger partial charge on any atom is 0.225 e. The standard InChI is InChI=1S/C25H29N9O3/c1-35-15-16-36-19-6-4-18(5-7-19)32-11-8-31(9-12-32)10-13-33-23-20(17-27-33)24-28-22(21-3-2-14-37-21)30-34(24)25(26)29-23/h2-7,14,17H,8-13,15-16H2,1H3,(H2,26,29)/i8D2,9D2,10D2,11D2,12D2,13D2,16D2,17D. The molecule has 6 rings (SSSR count). The van der Waals surface area contributed by atoms with Gasteiger partial charge in [0.05, 0.1) is 43.3 Å². The van der Waals surface area contributed by atoms with Crippen molar-refractivity contribution in [3.63, 3.8) is 0 Å². The number of nitrogens with zero attached hydrogens (tertiary/aromatic N) is 8. The summed E-state index contributed by atoms with van der Waals surface area (Å²) < 4.78 is 147. The van der Waals surface area contributed by atoms with Crippen molar-refractivity contribution in [2.45, 2.75) is 6.50 Å². The third-order valence-electron chi connectivity index (χ3n) is 5.00. The van der Waals surface area contributed by atoms with Gasteiger partial charge in [-0.05, 0) is 36.4 Å². The fourth-order valence-electron chi connectivity index (χ4n) is 3.31. The van der Waals surface area contributed by atoms with Crippen LogP contribution in [0.4, 0.5) is 11.6 Å². The van der Waals surface area contributed by atoms with Crippen LogP contribution in [0.1, 0.15) is 20.6 Å². The van der Waals surface area contributed by atoms with Crippen LogP contribution in [0.2, 0.25) is 0 Å². The molecule has 0 unspecified atom stereocenters. The summed E-state index contributed by atoms with van der Waals surface area (Å²) >= 11 is 0. The maximum absolute atomic E-state index is 8.94. The number of hydrogen-bond acceptors (Lipinski definition) is 10. The van der Waals surface area contributed by atoms with Gasteiger partial charge in [0, 0.05) is 53.5 Å². The molecule has 12 nitrogen and oxygen atoms in total. The van der Waals surface area contributed by atoms with Gasteiger partial charge < -0.3 is 24.5 Å². The van der Waals surface area contributed by atoms with E-state index in [9.17, 15) is 0 Å². The highest BCUT2D eigenvalue weighted by atomic mass is 16.5. The van der Waals surface area contributed by atoms with E-state index in [1.165, 1.54) is 19.4 Å². The Hall–Kier alpha value is -4.16. The number of aromatic nitrogens is 6. The van der Waals surface area contributed by atoms with Gasteiger partial charge in [-0.3, -0.25) is 4.90 Å². The zero-order valence-corrected chi connectivity index (χ0v) is 19.1. The van der Waals surface area contributed by atoms with Crippen LogP contribution in [0.3, 0.4) is 0 Å². The van der Waals surface area contributed by atoms with Gasteiger partial charge in [-0.1, -0.05) is 0 Å². The van der Waals surface area contributed by atoms with Crippen molar-refractivity contribution in [1.82, 2.24) is 34.3 Å². The van der Waals surface area contributed by atoms with Crippen LogP contribution in [-0.4, -0.2) is 87.0 Å². The summed E-state index contributed by atoms with van der Waals surface area (Å²) in [5.41, 5.74) is 4.87. The Morgan fingerprint density at radius 3 is 2.70 bits per heavy atom. The monoisotopic (exact) mass is 518 g/mol. The normalized spacial score (nSPS) is 27.3. The second-order valence-corrected chi connectivity index (χ2v) is 7.36. The Kier molecular flexibility index (Phi) is 3.25. The van der Waals surface area contributed by atoms with E-state index < -0.39 is 80.5 Å². The second-order valence-electron chi connectivity index (χ2n) is 7.36. The molecule has 5 heterocycles. The highest BCUT2D eigenvalue weighted by Crippen LogP contribution is 2.24. The molecule has 1 aliphatic heterocycles. The SMILES string of the molecule is [2H]c1nn(C([2H])([2H])C([2H])([2H])N2C([2H])([2H])C([2H])([2H])N(c3ccc(OC([2H])([2H])COC)cc3)C([2H])([2H])C2([2H])[2H])c2nc(N)n3nc(-c4ccco4)nc3c12. The van der Waals surface area contributed by atoms with Crippen LogP contribution in [0, 0.1) is 0 Å². The molecule has 1 aromatic carbocycles. The number of methoxy groups -OCH3 is 1. The number of ether oxygens (including phenoxy) is 2. The van der Waals surface area contributed by atoms with Gasteiger partial charge >= 0.3 is 0 Å². The van der Waals surface area contributed by atoms with Gasteiger partial charge in [0.2, 0.25) is 11.8 Å². The van der Waals surface area contributed by atoms with E-state index >= 15 is 0 Å². The fraction of sp³-hybridized carbons (Fsp3) is 0.360. The molecule has 0 saturated carbocycles. The molecule has 2 N–H and O–H groups in total. The number of nitrogens with two attached hydrogens (primary N) is 1. The first kappa shape index (κ1) is 11.9. The molecule has 0 spiro atoms. The van der Waals surface area contributed by atoms with Gasteiger partial charge in [-0.15, -0.1) is 5.10 Å². The molecule has 0 aliphatic carbocycles. The number of fused-ring (bicyclic) bond motifs is 3. The number of benzene rings is 1. The van der Waals surface area contributed by atoms with Gasteiger partial charge in [-0.2, -0.15) is 14.6 Å². The van der Waals surface area contributed by atoms with Crippen molar-refractivity contribution in [3.05, 3.63) is 48.8 Å². The van der Waals surface area contributed by atoms with E-state index in [2.05, 4.69) is 20.2 Å². The average Bonchev–Trinajstić information content (AvgIpc) is 3.76. The molecule has 5 aromatic rings. The van der Waals surface area contributed by atoms with Crippen LogP contribution < -0.4 is 15.4 Å². The van der Waals surface area contributed by atoms with E-state index in [0.29, 0.717) is 0 Å². The molecule has 0 radical (unpaired) electrons. The zero-order valence-electron chi connectivity index (χ0n) is 34.1. The van der Waals surface area contributed by atoms with Crippen molar-refractivity contribution in [2.24, 2.45) is 0 Å². The highest BCUT2D eigenvalue weighted by molar-refractivity contribution is 5.90. The number of rotatable bonds is 9. The number of nitrogen functional groups attached to an aromatic ring is 1. The first-order valence-electron chi connectivity index (χ1n) is 18.2. The smallest absolute Gasteiger partial charge is 0.225 e.